The smallest absolute Gasteiger partial charge is 0.235 e. The van der Waals surface area contributed by atoms with Crippen molar-refractivity contribution in [3.63, 3.8) is 0 Å². The minimum absolute atomic E-state index is 0.114. The largest absolute Gasteiger partial charge is 0.497 e. The number of carbonyl (C=O) groups is 1. The van der Waals surface area contributed by atoms with E-state index in [0.717, 1.165) is 0 Å². The summed E-state index contributed by atoms with van der Waals surface area (Å²) in [6, 6.07) is 20.6. The lowest BCUT2D eigenvalue weighted by Gasteiger charge is -2.10. The Morgan fingerprint density at radius 2 is 1.58 bits per heavy atom. The van der Waals surface area contributed by atoms with Crippen molar-refractivity contribution in [3.05, 3.63) is 94.3 Å². The van der Waals surface area contributed by atoms with Crippen LogP contribution in [0.15, 0.2) is 82.0 Å². The number of Topliss-reactive ketones (excluding diaryl/α,β-unsaturated/α-hetero) is 1. The molecule has 0 aliphatic heterocycles. The second-order valence-corrected chi connectivity index (χ2v) is 6.83. The molecule has 0 bridgehead atoms. The molecule has 0 N–H and O–H groups in total. The lowest BCUT2D eigenvalue weighted by atomic mass is 10.1. The topological polar surface area (TPSA) is 75.0 Å². The van der Waals surface area contributed by atoms with Gasteiger partial charge in [0.15, 0.2) is 12.4 Å². The van der Waals surface area contributed by atoms with Gasteiger partial charge in [-0.05, 0) is 43.3 Å². The van der Waals surface area contributed by atoms with Crippen LogP contribution < -0.4 is 19.6 Å². The Bertz CT molecular complexity index is 1270. The van der Waals surface area contributed by atoms with Crippen molar-refractivity contribution < 1.29 is 23.4 Å². The number of hydrogen-bond donors (Lipinski definition) is 0. The Labute approximate surface area is 178 Å². The molecule has 0 aliphatic rings. The first-order chi connectivity index (χ1) is 15.0. The molecule has 4 rings (SSSR count). The van der Waals surface area contributed by atoms with E-state index in [9.17, 15) is 9.59 Å². The molecule has 4 aromatic rings. The zero-order chi connectivity index (χ0) is 21.8. The Balaban J connectivity index is 1.55. The predicted octanol–water partition coefficient (Wildman–Crippen LogP) is 5.16. The molecule has 0 atom stereocenters. The van der Waals surface area contributed by atoms with Gasteiger partial charge in [0, 0.05) is 11.6 Å². The fraction of sp³-hybridized carbons (Fsp3) is 0.120. The van der Waals surface area contributed by atoms with Crippen molar-refractivity contribution in [1.82, 2.24) is 0 Å². The van der Waals surface area contributed by atoms with Crippen molar-refractivity contribution in [1.29, 1.82) is 0 Å². The standard InChI is InChI=1S/C25H20O6/c1-16-25(31-19-10-8-18(28-2)9-11-19)24(27)21-13-12-20(14-23(21)30-16)29-15-22(26)17-6-4-3-5-7-17/h3-14H,15H2,1-2H3. The molecule has 0 unspecified atom stereocenters. The lowest BCUT2D eigenvalue weighted by Crippen LogP contribution is -2.12. The summed E-state index contributed by atoms with van der Waals surface area (Å²) in [4.78, 5) is 25.2. The van der Waals surface area contributed by atoms with Crippen LogP contribution in [0.5, 0.6) is 23.0 Å². The van der Waals surface area contributed by atoms with E-state index in [1.165, 1.54) is 0 Å². The van der Waals surface area contributed by atoms with Gasteiger partial charge in [0.05, 0.1) is 12.5 Å². The molecule has 1 aromatic heterocycles. The Hall–Kier alpha value is -4.06. The molecule has 3 aromatic carbocycles. The van der Waals surface area contributed by atoms with Crippen molar-refractivity contribution >= 4 is 16.8 Å². The SMILES string of the molecule is COc1ccc(Oc2c(C)oc3cc(OCC(=O)c4ccccc4)ccc3c2=O)cc1. The van der Waals surface area contributed by atoms with Gasteiger partial charge in [0.2, 0.25) is 11.2 Å². The van der Waals surface area contributed by atoms with Crippen LogP contribution in [-0.2, 0) is 0 Å². The molecule has 1 heterocycles. The number of benzene rings is 3. The first-order valence-corrected chi connectivity index (χ1v) is 9.65. The summed E-state index contributed by atoms with van der Waals surface area (Å²) < 4.78 is 22.3. The minimum Gasteiger partial charge on any atom is -0.497 e. The van der Waals surface area contributed by atoms with E-state index in [-0.39, 0.29) is 23.6 Å². The fourth-order valence-corrected chi connectivity index (χ4v) is 3.09. The second-order valence-electron chi connectivity index (χ2n) is 6.83. The van der Waals surface area contributed by atoms with Gasteiger partial charge in [0.1, 0.15) is 28.6 Å². The van der Waals surface area contributed by atoms with Gasteiger partial charge in [-0.1, -0.05) is 30.3 Å². The molecule has 0 radical (unpaired) electrons. The highest BCUT2D eigenvalue weighted by Gasteiger charge is 2.15. The lowest BCUT2D eigenvalue weighted by molar-refractivity contribution is 0.0921. The van der Waals surface area contributed by atoms with Crippen molar-refractivity contribution in [2.24, 2.45) is 0 Å². The third-order valence-corrected chi connectivity index (χ3v) is 4.73. The van der Waals surface area contributed by atoms with Crippen LogP contribution in [0.25, 0.3) is 11.0 Å². The van der Waals surface area contributed by atoms with Crippen LogP contribution in [0.2, 0.25) is 0 Å². The van der Waals surface area contributed by atoms with Crippen LogP contribution in [0.4, 0.5) is 0 Å². The van der Waals surface area contributed by atoms with E-state index in [1.807, 2.05) is 6.07 Å². The Morgan fingerprint density at radius 3 is 2.29 bits per heavy atom. The highest BCUT2D eigenvalue weighted by atomic mass is 16.5. The maximum Gasteiger partial charge on any atom is 0.235 e. The number of ketones is 1. The van der Waals surface area contributed by atoms with Gasteiger partial charge in [-0.2, -0.15) is 0 Å². The summed E-state index contributed by atoms with van der Waals surface area (Å²) >= 11 is 0. The van der Waals surface area contributed by atoms with E-state index < -0.39 is 0 Å². The van der Waals surface area contributed by atoms with Crippen LogP contribution >= 0.6 is 0 Å². The number of ether oxygens (including phenoxy) is 3. The van der Waals surface area contributed by atoms with E-state index >= 15 is 0 Å². The number of aryl methyl sites for hydroxylation is 1. The van der Waals surface area contributed by atoms with E-state index in [4.69, 9.17) is 18.6 Å². The Morgan fingerprint density at radius 1 is 0.903 bits per heavy atom. The normalized spacial score (nSPS) is 10.6. The predicted molar refractivity (Wildman–Crippen MR) is 117 cm³/mol. The fourth-order valence-electron chi connectivity index (χ4n) is 3.09. The molecule has 0 aliphatic carbocycles. The van der Waals surface area contributed by atoms with Gasteiger partial charge in [-0.25, -0.2) is 0 Å². The first kappa shape index (κ1) is 20.2. The summed E-state index contributed by atoms with van der Waals surface area (Å²) in [6.45, 7) is 1.55. The van der Waals surface area contributed by atoms with Gasteiger partial charge in [-0.15, -0.1) is 0 Å². The molecule has 156 valence electrons. The highest BCUT2D eigenvalue weighted by molar-refractivity contribution is 5.97. The zero-order valence-corrected chi connectivity index (χ0v) is 17.1. The molecular weight excluding hydrogens is 396 g/mol. The third-order valence-electron chi connectivity index (χ3n) is 4.73. The van der Waals surface area contributed by atoms with Crippen LogP contribution in [0.3, 0.4) is 0 Å². The summed E-state index contributed by atoms with van der Waals surface area (Å²) in [7, 11) is 1.58. The Kier molecular flexibility index (Phi) is 5.71. The molecule has 0 saturated carbocycles. The average Bonchev–Trinajstić information content (AvgIpc) is 2.81. The number of fused-ring (bicyclic) bond motifs is 1. The molecule has 0 saturated heterocycles. The number of methoxy groups -OCH3 is 1. The number of hydrogen-bond acceptors (Lipinski definition) is 6. The molecule has 0 spiro atoms. The van der Waals surface area contributed by atoms with E-state index in [2.05, 4.69) is 0 Å². The summed E-state index contributed by atoms with van der Waals surface area (Å²) in [5, 5.41) is 0.357. The molecule has 6 heteroatoms. The average molecular weight is 416 g/mol. The molecular formula is C25H20O6. The summed E-state index contributed by atoms with van der Waals surface area (Å²) in [5.74, 6) is 1.93. The maximum absolute atomic E-state index is 12.9. The van der Waals surface area contributed by atoms with Gasteiger partial charge >= 0.3 is 0 Å². The van der Waals surface area contributed by atoms with Crippen LogP contribution in [-0.4, -0.2) is 19.5 Å². The van der Waals surface area contributed by atoms with E-state index in [0.29, 0.717) is 39.5 Å². The molecule has 6 nitrogen and oxygen atoms in total. The molecule has 31 heavy (non-hydrogen) atoms. The molecule has 0 fully saturated rings. The van der Waals surface area contributed by atoms with Crippen LogP contribution in [0.1, 0.15) is 16.1 Å². The minimum atomic E-state index is -0.290. The number of carbonyl (C=O) groups excluding carboxylic acids is 1. The van der Waals surface area contributed by atoms with Crippen molar-refractivity contribution in [3.8, 4) is 23.0 Å². The quantitative estimate of drug-likeness (QED) is 0.387. The van der Waals surface area contributed by atoms with Gasteiger partial charge in [-0.3, -0.25) is 9.59 Å². The second kappa shape index (κ2) is 8.75. The van der Waals surface area contributed by atoms with Gasteiger partial charge in [0.25, 0.3) is 0 Å². The third kappa shape index (κ3) is 4.43. The molecule has 0 amide bonds. The van der Waals surface area contributed by atoms with Crippen LogP contribution in [0, 0.1) is 6.92 Å². The van der Waals surface area contributed by atoms with Crippen molar-refractivity contribution in [2.75, 3.05) is 13.7 Å². The van der Waals surface area contributed by atoms with Crippen molar-refractivity contribution in [2.45, 2.75) is 6.92 Å². The van der Waals surface area contributed by atoms with E-state index in [1.54, 1.807) is 80.8 Å². The van der Waals surface area contributed by atoms with Gasteiger partial charge < -0.3 is 18.6 Å². The first-order valence-electron chi connectivity index (χ1n) is 9.65. The maximum atomic E-state index is 12.9. The zero-order valence-electron chi connectivity index (χ0n) is 17.1. The number of rotatable bonds is 7. The summed E-state index contributed by atoms with van der Waals surface area (Å²) in [6.07, 6.45) is 0. The monoisotopic (exact) mass is 416 g/mol. The summed E-state index contributed by atoms with van der Waals surface area (Å²) in [5.41, 5.74) is 0.640. The highest BCUT2D eigenvalue weighted by Crippen LogP contribution is 2.28.